The second-order valence-electron chi connectivity index (χ2n) is 5.49. The molecule has 10 nitrogen and oxygen atoms in total. The van der Waals surface area contributed by atoms with Gasteiger partial charge in [-0.05, 0) is 26.8 Å². The van der Waals surface area contributed by atoms with Gasteiger partial charge in [-0.15, -0.1) is 0 Å². The van der Waals surface area contributed by atoms with E-state index in [0.29, 0.717) is 12.0 Å². The highest BCUT2D eigenvalue weighted by atomic mass is 32.2. The molecule has 0 bridgehead atoms. The molecule has 0 radical (unpaired) electrons. The topological polar surface area (TPSA) is 141 Å². The summed E-state index contributed by atoms with van der Waals surface area (Å²) in [5, 5.41) is 22.0. The van der Waals surface area contributed by atoms with E-state index < -0.39 is 35.2 Å². The SMILES string of the molecule is CC(C)(C)OC(=O)N[C@@H](COSc1ncccc1[N+](=O)[O-])C(=O)O. The van der Waals surface area contributed by atoms with Gasteiger partial charge in [0.05, 0.1) is 23.6 Å². The Morgan fingerprint density at radius 1 is 1.50 bits per heavy atom. The first-order valence-corrected chi connectivity index (χ1v) is 7.45. The Balaban J connectivity index is 2.61. The molecule has 1 amide bonds. The largest absolute Gasteiger partial charge is 0.480 e. The van der Waals surface area contributed by atoms with E-state index >= 15 is 0 Å². The maximum Gasteiger partial charge on any atom is 0.408 e. The fourth-order valence-electron chi connectivity index (χ4n) is 1.37. The molecule has 0 spiro atoms. The van der Waals surface area contributed by atoms with Crippen molar-refractivity contribution >= 4 is 29.8 Å². The summed E-state index contributed by atoms with van der Waals surface area (Å²) < 4.78 is 10.0. The molecular formula is C13H17N3O7S. The van der Waals surface area contributed by atoms with Gasteiger partial charge in [0.15, 0.2) is 6.04 Å². The first-order chi connectivity index (χ1) is 11.1. The van der Waals surface area contributed by atoms with Gasteiger partial charge in [0.2, 0.25) is 5.03 Å². The molecule has 1 aromatic heterocycles. The van der Waals surface area contributed by atoms with Crippen molar-refractivity contribution in [2.45, 2.75) is 37.4 Å². The predicted octanol–water partition coefficient (Wildman–Crippen LogP) is 1.99. The van der Waals surface area contributed by atoms with E-state index in [4.69, 9.17) is 14.0 Å². The minimum Gasteiger partial charge on any atom is -0.480 e. The fraction of sp³-hybridized carbons (Fsp3) is 0.462. The maximum absolute atomic E-state index is 11.6. The predicted molar refractivity (Wildman–Crippen MR) is 83.5 cm³/mol. The number of carbonyl (C=O) groups excluding carboxylic acids is 1. The molecule has 0 unspecified atom stereocenters. The van der Waals surface area contributed by atoms with Crippen LogP contribution in [0.4, 0.5) is 10.5 Å². The molecule has 0 aliphatic carbocycles. The summed E-state index contributed by atoms with van der Waals surface area (Å²) in [6.45, 7) is 4.46. The number of alkyl carbamates (subject to hydrolysis) is 1. The van der Waals surface area contributed by atoms with Crippen LogP contribution in [0.3, 0.4) is 0 Å². The van der Waals surface area contributed by atoms with Crippen molar-refractivity contribution in [2.24, 2.45) is 0 Å². The zero-order chi connectivity index (χ0) is 18.3. The van der Waals surface area contributed by atoms with Crippen LogP contribution in [-0.2, 0) is 13.7 Å². The number of hydrogen-bond acceptors (Lipinski definition) is 8. The van der Waals surface area contributed by atoms with Crippen LogP contribution in [0.15, 0.2) is 23.4 Å². The number of rotatable bonds is 7. The molecule has 132 valence electrons. The average Bonchev–Trinajstić information content (AvgIpc) is 2.44. The molecule has 24 heavy (non-hydrogen) atoms. The van der Waals surface area contributed by atoms with Crippen molar-refractivity contribution in [3.8, 4) is 0 Å². The van der Waals surface area contributed by atoms with Gasteiger partial charge in [0.1, 0.15) is 5.60 Å². The Labute approximate surface area is 141 Å². The van der Waals surface area contributed by atoms with Gasteiger partial charge in [-0.1, -0.05) is 0 Å². The summed E-state index contributed by atoms with van der Waals surface area (Å²) in [5.74, 6) is -1.34. The molecule has 2 N–H and O–H groups in total. The number of nitro groups is 1. The van der Waals surface area contributed by atoms with E-state index in [1.165, 1.54) is 18.3 Å². The van der Waals surface area contributed by atoms with E-state index in [2.05, 4.69) is 10.3 Å². The highest BCUT2D eigenvalue weighted by Gasteiger charge is 2.25. The van der Waals surface area contributed by atoms with Crippen LogP contribution in [0.25, 0.3) is 0 Å². The van der Waals surface area contributed by atoms with E-state index in [-0.39, 0.29) is 10.7 Å². The molecule has 1 rings (SSSR count). The number of carbonyl (C=O) groups is 2. The lowest BCUT2D eigenvalue weighted by Gasteiger charge is -2.21. The Bertz CT molecular complexity index is 618. The van der Waals surface area contributed by atoms with Crippen LogP contribution in [0.2, 0.25) is 0 Å². The number of carboxylic acids is 1. The molecule has 0 fully saturated rings. The number of carboxylic acid groups (broad SMARTS) is 1. The van der Waals surface area contributed by atoms with E-state index in [1.807, 2.05) is 0 Å². The lowest BCUT2D eigenvalue weighted by Crippen LogP contribution is -2.45. The third kappa shape index (κ3) is 6.79. The third-order valence-corrected chi connectivity index (χ3v) is 3.04. The number of aliphatic carboxylic acids is 1. The van der Waals surface area contributed by atoms with E-state index in [0.717, 1.165) is 0 Å². The summed E-state index contributed by atoms with van der Waals surface area (Å²) in [6, 6.07) is 1.26. The van der Waals surface area contributed by atoms with Crippen molar-refractivity contribution in [1.82, 2.24) is 10.3 Å². The Hall–Kier alpha value is -2.40. The molecule has 1 atom stereocenters. The molecule has 0 aliphatic heterocycles. The normalized spacial score (nSPS) is 12.3. The van der Waals surface area contributed by atoms with E-state index in [9.17, 15) is 19.7 Å². The standard InChI is InChI=1S/C13H17N3O7S/c1-13(2,3)23-12(19)15-8(11(17)18)7-22-24-10-9(16(20)21)5-4-6-14-10/h4-6,8H,7H2,1-3H3,(H,15,19)(H,17,18)/t8-/m0/s1. The van der Waals surface area contributed by atoms with Crippen LogP contribution >= 0.6 is 12.0 Å². The summed E-state index contributed by atoms with van der Waals surface area (Å²) in [7, 11) is 0. The monoisotopic (exact) mass is 359 g/mol. The smallest absolute Gasteiger partial charge is 0.408 e. The van der Waals surface area contributed by atoms with Crippen LogP contribution < -0.4 is 5.32 Å². The van der Waals surface area contributed by atoms with E-state index in [1.54, 1.807) is 20.8 Å². The molecular weight excluding hydrogens is 342 g/mol. The average molecular weight is 359 g/mol. The second-order valence-corrected chi connectivity index (χ2v) is 6.28. The van der Waals surface area contributed by atoms with Gasteiger partial charge >= 0.3 is 17.7 Å². The number of aromatic nitrogens is 1. The maximum atomic E-state index is 11.6. The number of nitrogens with zero attached hydrogens (tertiary/aromatic N) is 2. The van der Waals surface area contributed by atoms with Crippen molar-refractivity contribution in [2.75, 3.05) is 6.61 Å². The summed E-state index contributed by atoms with van der Waals surface area (Å²) in [4.78, 5) is 36.7. The summed E-state index contributed by atoms with van der Waals surface area (Å²) in [6.07, 6.45) is 0.430. The highest BCUT2D eigenvalue weighted by molar-refractivity contribution is 7.94. The lowest BCUT2D eigenvalue weighted by atomic mass is 10.2. The zero-order valence-corrected chi connectivity index (χ0v) is 14.0. The Morgan fingerprint density at radius 3 is 2.71 bits per heavy atom. The van der Waals surface area contributed by atoms with Gasteiger partial charge < -0.3 is 19.3 Å². The van der Waals surface area contributed by atoms with Crippen LogP contribution in [-0.4, -0.2) is 45.3 Å². The Kier molecular flexibility index (Phi) is 6.92. The number of ether oxygens (including phenoxy) is 1. The van der Waals surface area contributed by atoms with Gasteiger partial charge in [-0.25, -0.2) is 14.6 Å². The van der Waals surface area contributed by atoms with Crippen molar-refractivity contribution in [1.29, 1.82) is 0 Å². The lowest BCUT2D eigenvalue weighted by molar-refractivity contribution is -0.388. The van der Waals surface area contributed by atoms with Gasteiger partial charge in [0.25, 0.3) is 0 Å². The number of hydrogen-bond donors (Lipinski definition) is 2. The molecule has 11 heteroatoms. The molecule has 1 aromatic rings. The van der Waals surface area contributed by atoms with Crippen LogP contribution in [0.5, 0.6) is 0 Å². The fourth-order valence-corrected chi connectivity index (χ4v) is 2.02. The van der Waals surface area contributed by atoms with Crippen LogP contribution in [0.1, 0.15) is 20.8 Å². The van der Waals surface area contributed by atoms with Gasteiger partial charge in [0, 0.05) is 12.3 Å². The number of amides is 1. The first-order valence-electron chi connectivity index (χ1n) is 6.71. The highest BCUT2D eigenvalue weighted by Crippen LogP contribution is 2.26. The quantitative estimate of drug-likeness (QED) is 0.424. The van der Waals surface area contributed by atoms with Gasteiger partial charge in [-0.2, -0.15) is 0 Å². The molecule has 0 aromatic carbocycles. The minimum atomic E-state index is -1.38. The number of pyridine rings is 1. The van der Waals surface area contributed by atoms with Crippen molar-refractivity contribution in [3.05, 3.63) is 28.4 Å². The number of nitrogens with one attached hydrogen (secondary N) is 1. The third-order valence-electron chi connectivity index (χ3n) is 2.31. The summed E-state index contributed by atoms with van der Waals surface area (Å²) >= 11 is 0.553. The van der Waals surface area contributed by atoms with Crippen LogP contribution in [0, 0.1) is 10.1 Å². The molecule has 0 saturated heterocycles. The first kappa shape index (κ1) is 19.6. The molecule has 0 aliphatic rings. The molecule has 0 saturated carbocycles. The minimum absolute atomic E-state index is 0.0242. The molecule has 1 heterocycles. The van der Waals surface area contributed by atoms with Crippen molar-refractivity contribution < 1.29 is 28.5 Å². The summed E-state index contributed by atoms with van der Waals surface area (Å²) in [5.41, 5.74) is -1.05. The zero-order valence-electron chi connectivity index (χ0n) is 13.2. The Morgan fingerprint density at radius 2 is 2.17 bits per heavy atom. The second kappa shape index (κ2) is 8.45. The van der Waals surface area contributed by atoms with Crippen molar-refractivity contribution in [3.63, 3.8) is 0 Å². The van der Waals surface area contributed by atoms with Gasteiger partial charge in [-0.3, -0.25) is 10.1 Å².